The van der Waals surface area contributed by atoms with Crippen LogP contribution < -0.4 is 5.32 Å². The first-order valence-electron chi connectivity index (χ1n) is 9.19. The van der Waals surface area contributed by atoms with Crippen molar-refractivity contribution in [1.82, 2.24) is 15.1 Å². The molecule has 0 aliphatic heterocycles. The van der Waals surface area contributed by atoms with Crippen LogP contribution in [0.2, 0.25) is 0 Å². The number of rotatable bonds is 5. The van der Waals surface area contributed by atoms with Crippen LogP contribution in [0.3, 0.4) is 0 Å². The van der Waals surface area contributed by atoms with Gasteiger partial charge in [0.15, 0.2) is 0 Å². The second kappa shape index (κ2) is 7.64. The Bertz CT molecular complexity index is 1120. The highest BCUT2D eigenvalue weighted by Crippen LogP contribution is 2.29. The first-order chi connectivity index (χ1) is 13.6. The highest BCUT2D eigenvalue weighted by atomic mass is 19.1. The van der Waals surface area contributed by atoms with Crippen molar-refractivity contribution < 1.29 is 9.18 Å². The summed E-state index contributed by atoms with van der Waals surface area (Å²) >= 11 is 0. The van der Waals surface area contributed by atoms with Gasteiger partial charge in [-0.15, -0.1) is 0 Å². The van der Waals surface area contributed by atoms with Crippen molar-refractivity contribution in [2.75, 3.05) is 0 Å². The lowest BCUT2D eigenvalue weighted by Gasteiger charge is -2.14. The Morgan fingerprint density at radius 3 is 2.46 bits per heavy atom. The number of halogens is 1. The van der Waals surface area contributed by atoms with E-state index in [1.54, 1.807) is 29.8 Å². The molecule has 4 aromatic rings. The molecule has 1 amide bonds. The van der Waals surface area contributed by atoms with Gasteiger partial charge in [0.05, 0.1) is 5.52 Å². The molecule has 0 bridgehead atoms. The molecule has 1 heterocycles. The molecule has 0 unspecified atom stereocenters. The van der Waals surface area contributed by atoms with E-state index in [-0.39, 0.29) is 18.3 Å². The number of hydrogen-bond donors (Lipinski definition) is 1. The zero-order valence-electron chi connectivity index (χ0n) is 15.5. The summed E-state index contributed by atoms with van der Waals surface area (Å²) in [5.41, 5.74) is 3.18. The van der Waals surface area contributed by atoms with Crippen LogP contribution in [0.1, 0.15) is 18.5 Å². The lowest BCUT2D eigenvalue weighted by molar-refractivity contribution is -0.124. The Balaban J connectivity index is 1.63. The van der Waals surface area contributed by atoms with Gasteiger partial charge in [-0.1, -0.05) is 66.7 Å². The molecule has 0 radical (unpaired) electrons. The van der Waals surface area contributed by atoms with E-state index in [0.717, 1.165) is 22.2 Å². The molecule has 3 aromatic carbocycles. The molecule has 1 aromatic heterocycles. The molecule has 140 valence electrons. The molecule has 4 nitrogen and oxygen atoms in total. The highest BCUT2D eigenvalue weighted by Gasteiger charge is 2.21. The molecule has 0 fully saturated rings. The number of aromatic nitrogens is 2. The predicted molar refractivity (Wildman–Crippen MR) is 108 cm³/mol. The Morgan fingerprint density at radius 1 is 1.00 bits per heavy atom. The lowest BCUT2D eigenvalue weighted by atomic mass is 10.1. The minimum Gasteiger partial charge on any atom is -0.350 e. The van der Waals surface area contributed by atoms with Crippen LogP contribution in [0.15, 0.2) is 78.9 Å². The molecular weight excluding hydrogens is 353 g/mol. The van der Waals surface area contributed by atoms with Crippen molar-refractivity contribution in [3.8, 4) is 11.3 Å². The van der Waals surface area contributed by atoms with Gasteiger partial charge in [0.2, 0.25) is 5.91 Å². The average molecular weight is 373 g/mol. The second-order valence-electron chi connectivity index (χ2n) is 6.66. The molecule has 0 aliphatic carbocycles. The van der Waals surface area contributed by atoms with Crippen LogP contribution in [-0.4, -0.2) is 15.7 Å². The number of amides is 1. The van der Waals surface area contributed by atoms with E-state index in [9.17, 15) is 9.18 Å². The van der Waals surface area contributed by atoms with E-state index in [4.69, 9.17) is 5.10 Å². The maximum absolute atomic E-state index is 13.8. The Labute approximate surface area is 162 Å². The van der Waals surface area contributed by atoms with E-state index in [1.165, 1.54) is 6.07 Å². The summed E-state index contributed by atoms with van der Waals surface area (Å²) in [5.74, 6) is -0.539. The summed E-state index contributed by atoms with van der Waals surface area (Å²) in [7, 11) is 0. The summed E-state index contributed by atoms with van der Waals surface area (Å²) in [6.07, 6.45) is 0. The minimum atomic E-state index is -0.533. The second-order valence-corrected chi connectivity index (χ2v) is 6.66. The molecular formula is C23H20FN3O. The standard InChI is InChI=1S/C23H20FN3O/c1-16(23(28)25-15-18-11-5-7-13-20(18)24)27-21-14-8-6-12-19(21)22(26-27)17-9-3-2-4-10-17/h2-14,16H,15H2,1H3,(H,25,28)/t16-/m1/s1. The van der Waals surface area contributed by atoms with Gasteiger partial charge < -0.3 is 5.32 Å². The molecule has 0 spiro atoms. The molecule has 0 saturated carbocycles. The normalized spacial score (nSPS) is 12.1. The van der Waals surface area contributed by atoms with Crippen molar-refractivity contribution in [3.05, 3.63) is 90.2 Å². The average Bonchev–Trinajstić information content (AvgIpc) is 3.13. The number of nitrogens with zero attached hydrogens (tertiary/aromatic N) is 2. The minimum absolute atomic E-state index is 0.139. The molecule has 1 N–H and O–H groups in total. The predicted octanol–water partition coefficient (Wildman–Crippen LogP) is 4.72. The van der Waals surface area contributed by atoms with Gasteiger partial charge in [-0.05, 0) is 19.1 Å². The summed E-state index contributed by atoms with van der Waals surface area (Å²) in [5, 5.41) is 8.54. The summed E-state index contributed by atoms with van der Waals surface area (Å²) in [6.45, 7) is 1.94. The fourth-order valence-corrected chi connectivity index (χ4v) is 3.28. The van der Waals surface area contributed by atoms with Crippen molar-refractivity contribution in [3.63, 3.8) is 0 Å². The first kappa shape index (κ1) is 17.9. The number of carbonyl (C=O) groups is 1. The first-order valence-corrected chi connectivity index (χ1v) is 9.19. The summed E-state index contributed by atoms with van der Waals surface area (Å²) < 4.78 is 15.5. The maximum atomic E-state index is 13.8. The van der Waals surface area contributed by atoms with Crippen LogP contribution >= 0.6 is 0 Å². The monoisotopic (exact) mass is 373 g/mol. The molecule has 5 heteroatoms. The highest BCUT2D eigenvalue weighted by molar-refractivity contribution is 5.94. The van der Waals surface area contributed by atoms with Crippen molar-refractivity contribution in [1.29, 1.82) is 0 Å². The number of carbonyl (C=O) groups excluding carboxylic acids is 1. The van der Waals surface area contributed by atoms with Crippen LogP contribution in [0, 0.1) is 5.82 Å². The zero-order valence-corrected chi connectivity index (χ0v) is 15.5. The number of benzene rings is 3. The maximum Gasteiger partial charge on any atom is 0.244 e. The number of fused-ring (bicyclic) bond motifs is 1. The zero-order chi connectivity index (χ0) is 19.5. The summed E-state index contributed by atoms with van der Waals surface area (Å²) in [4.78, 5) is 12.7. The quantitative estimate of drug-likeness (QED) is 0.550. The molecule has 4 rings (SSSR count). The third-order valence-electron chi connectivity index (χ3n) is 4.82. The lowest BCUT2D eigenvalue weighted by Crippen LogP contribution is -2.31. The van der Waals surface area contributed by atoms with Gasteiger partial charge in [0.1, 0.15) is 17.6 Å². The molecule has 0 saturated heterocycles. The fourth-order valence-electron chi connectivity index (χ4n) is 3.28. The van der Waals surface area contributed by atoms with E-state index in [2.05, 4.69) is 5.32 Å². The van der Waals surface area contributed by atoms with Crippen LogP contribution in [0.4, 0.5) is 4.39 Å². The number of para-hydroxylation sites is 1. The van der Waals surface area contributed by atoms with E-state index in [1.807, 2.05) is 54.6 Å². The van der Waals surface area contributed by atoms with Gasteiger partial charge in [-0.25, -0.2) is 4.39 Å². The third kappa shape index (κ3) is 3.39. The van der Waals surface area contributed by atoms with Crippen molar-refractivity contribution in [2.45, 2.75) is 19.5 Å². The largest absolute Gasteiger partial charge is 0.350 e. The molecule has 0 aliphatic rings. The fraction of sp³-hybridized carbons (Fsp3) is 0.130. The third-order valence-corrected chi connectivity index (χ3v) is 4.82. The van der Waals surface area contributed by atoms with Gasteiger partial charge in [-0.2, -0.15) is 5.10 Å². The topological polar surface area (TPSA) is 46.9 Å². The van der Waals surface area contributed by atoms with Gasteiger partial charge >= 0.3 is 0 Å². The Morgan fingerprint density at radius 2 is 1.68 bits per heavy atom. The summed E-state index contributed by atoms with van der Waals surface area (Å²) in [6, 6.07) is 23.6. The van der Waals surface area contributed by atoms with Crippen molar-refractivity contribution in [2.24, 2.45) is 0 Å². The Hall–Kier alpha value is -3.47. The smallest absolute Gasteiger partial charge is 0.244 e. The van der Waals surface area contributed by atoms with E-state index >= 15 is 0 Å². The van der Waals surface area contributed by atoms with Crippen LogP contribution in [0.5, 0.6) is 0 Å². The van der Waals surface area contributed by atoms with E-state index in [0.29, 0.717) is 5.56 Å². The molecule has 28 heavy (non-hydrogen) atoms. The number of nitrogens with one attached hydrogen (secondary N) is 1. The van der Waals surface area contributed by atoms with Gasteiger partial charge in [0, 0.05) is 23.1 Å². The van der Waals surface area contributed by atoms with Crippen LogP contribution in [-0.2, 0) is 11.3 Å². The van der Waals surface area contributed by atoms with Gasteiger partial charge in [-0.3, -0.25) is 9.48 Å². The van der Waals surface area contributed by atoms with Gasteiger partial charge in [0.25, 0.3) is 0 Å². The van der Waals surface area contributed by atoms with Crippen LogP contribution in [0.25, 0.3) is 22.2 Å². The molecule has 1 atom stereocenters. The van der Waals surface area contributed by atoms with E-state index < -0.39 is 6.04 Å². The van der Waals surface area contributed by atoms with Crippen molar-refractivity contribution >= 4 is 16.8 Å². The SMILES string of the molecule is C[C@H](C(=O)NCc1ccccc1F)n1nc(-c2ccccc2)c2ccccc21. The Kier molecular flexibility index (Phi) is 4.89. The number of hydrogen-bond acceptors (Lipinski definition) is 2.